The van der Waals surface area contributed by atoms with Gasteiger partial charge in [-0.05, 0) is 47.2 Å². The number of rotatable bonds is 8. The molecular formula is C40H28N2O4. The number of aromatic nitrogens is 2. The van der Waals surface area contributed by atoms with Crippen LogP contribution < -0.4 is 0 Å². The van der Waals surface area contributed by atoms with Crippen LogP contribution in [0.5, 0.6) is 0 Å². The molecule has 6 heteroatoms. The molecule has 2 unspecified atom stereocenters. The fourth-order valence-corrected chi connectivity index (χ4v) is 5.72. The molecule has 222 valence electrons. The predicted octanol–water partition coefficient (Wildman–Crippen LogP) is 8.68. The number of hydrogen-bond acceptors (Lipinski definition) is 6. The van der Waals surface area contributed by atoms with Gasteiger partial charge in [0.1, 0.15) is 0 Å². The summed E-state index contributed by atoms with van der Waals surface area (Å²) in [4.78, 5) is 36.9. The first-order valence-electron chi connectivity index (χ1n) is 15.0. The summed E-state index contributed by atoms with van der Waals surface area (Å²) in [7, 11) is 0. The van der Waals surface area contributed by atoms with Gasteiger partial charge in [0.2, 0.25) is 0 Å². The highest BCUT2D eigenvalue weighted by molar-refractivity contribution is 5.92. The van der Waals surface area contributed by atoms with Crippen molar-refractivity contribution in [2.24, 2.45) is 0 Å². The highest BCUT2D eigenvalue weighted by Gasteiger charge is 2.32. The lowest BCUT2D eigenvalue weighted by atomic mass is 9.91. The first-order chi connectivity index (χ1) is 22.7. The highest BCUT2D eigenvalue weighted by atomic mass is 16.5. The number of benzene rings is 5. The van der Waals surface area contributed by atoms with Crippen molar-refractivity contribution in [3.63, 3.8) is 0 Å². The maximum absolute atomic E-state index is 13.7. The van der Waals surface area contributed by atoms with Gasteiger partial charge in [0, 0.05) is 34.3 Å². The monoisotopic (exact) mass is 600 g/mol. The first kappa shape index (κ1) is 28.6. The molecule has 0 fully saturated rings. The molecule has 0 radical (unpaired) electrons. The standard InChI is InChI=1S/C40H28N2O4/c43-39(29-15-3-1-4-16-29)45-37(35-31-19-9-7-13-27(31)23-25-41-35)33-21-11-12-22-34(33)38(46-40(44)30-17-5-2-6-18-30)36-32-20-10-8-14-28(32)24-26-42-36/h1-26,37-38H. The van der Waals surface area contributed by atoms with Crippen LogP contribution in [0.2, 0.25) is 0 Å². The van der Waals surface area contributed by atoms with E-state index in [1.54, 1.807) is 60.9 Å². The first-order valence-corrected chi connectivity index (χ1v) is 15.0. The third-order valence-electron chi connectivity index (χ3n) is 7.94. The third kappa shape index (κ3) is 5.72. The predicted molar refractivity (Wildman–Crippen MR) is 177 cm³/mol. The Labute approximate surface area is 265 Å². The average Bonchev–Trinajstić information content (AvgIpc) is 3.13. The Morgan fingerprint density at radius 3 is 1.24 bits per heavy atom. The van der Waals surface area contributed by atoms with E-state index in [1.165, 1.54) is 0 Å². The minimum atomic E-state index is -0.942. The van der Waals surface area contributed by atoms with E-state index >= 15 is 0 Å². The number of ether oxygens (including phenoxy) is 2. The van der Waals surface area contributed by atoms with Crippen LogP contribution in [0.1, 0.15) is 55.4 Å². The molecule has 2 aromatic heterocycles. The number of carbonyl (C=O) groups is 2. The molecule has 2 atom stereocenters. The zero-order valence-electron chi connectivity index (χ0n) is 24.7. The Morgan fingerprint density at radius 1 is 0.435 bits per heavy atom. The van der Waals surface area contributed by atoms with Crippen LogP contribution in [0.4, 0.5) is 0 Å². The van der Waals surface area contributed by atoms with Gasteiger partial charge in [0.05, 0.1) is 22.5 Å². The second kappa shape index (κ2) is 12.8. The maximum Gasteiger partial charge on any atom is 0.339 e. The van der Waals surface area contributed by atoms with E-state index in [-0.39, 0.29) is 0 Å². The van der Waals surface area contributed by atoms with Crippen molar-refractivity contribution in [2.75, 3.05) is 0 Å². The van der Waals surface area contributed by atoms with Crippen molar-refractivity contribution in [1.82, 2.24) is 9.97 Å². The van der Waals surface area contributed by atoms with E-state index in [1.807, 2.05) is 97.1 Å². The Morgan fingerprint density at radius 2 is 0.804 bits per heavy atom. The number of carbonyl (C=O) groups excluding carboxylic acids is 2. The summed E-state index contributed by atoms with van der Waals surface area (Å²) >= 11 is 0. The van der Waals surface area contributed by atoms with Crippen LogP contribution in [-0.2, 0) is 9.47 Å². The lowest BCUT2D eigenvalue weighted by Crippen LogP contribution is -2.20. The smallest absolute Gasteiger partial charge is 0.339 e. The summed E-state index contributed by atoms with van der Waals surface area (Å²) in [5.41, 5.74) is 3.19. The number of fused-ring (bicyclic) bond motifs is 2. The molecule has 6 nitrogen and oxygen atoms in total. The normalized spacial score (nSPS) is 12.3. The Hall–Kier alpha value is -6.14. The summed E-state index contributed by atoms with van der Waals surface area (Å²) in [5, 5.41) is 3.58. The van der Waals surface area contributed by atoms with Gasteiger partial charge in [0.15, 0.2) is 12.2 Å². The number of pyridine rings is 2. The van der Waals surface area contributed by atoms with E-state index in [4.69, 9.17) is 19.4 Å². The van der Waals surface area contributed by atoms with Crippen molar-refractivity contribution in [1.29, 1.82) is 0 Å². The average molecular weight is 601 g/mol. The molecule has 2 heterocycles. The van der Waals surface area contributed by atoms with Crippen molar-refractivity contribution in [3.05, 3.63) is 192 Å². The molecule has 46 heavy (non-hydrogen) atoms. The Balaban J connectivity index is 1.43. The second-order valence-corrected chi connectivity index (χ2v) is 10.8. The Kier molecular flexibility index (Phi) is 7.99. The fourth-order valence-electron chi connectivity index (χ4n) is 5.72. The molecule has 0 spiro atoms. The summed E-state index contributed by atoms with van der Waals surface area (Å²) in [5.74, 6) is -1.01. The number of nitrogens with zero attached hydrogens (tertiary/aromatic N) is 2. The van der Waals surface area contributed by atoms with Crippen molar-refractivity contribution >= 4 is 33.5 Å². The van der Waals surface area contributed by atoms with E-state index in [0.29, 0.717) is 33.6 Å². The molecule has 7 rings (SSSR count). The lowest BCUT2D eigenvalue weighted by Gasteiger charge is -2.26. The summed E-state index contributed by atoms with van der Waals surface area (Å²) in [6.45, 7) is 0. The van der Waals surface area contributed by atoms with Crippen LogP contribution in [0, 0.1) is 0 Å². The molecule has 0 aliphatic heterocycles. The van der Waals surface area contributed by atoms with E-state index in [9.17, 15) is 9.59 Å². The Bertz CT molecular complexity index is 2000. The van der Waals surface area contributed by atoms with Gasteiger partial charge in [-0.25, -0.2) is 9.59 Å². The van der Waals surface area contributed by atoms with E-state index < -0.39 is 24.1 Å². The lowest BCUT2D eigenvalue weighted by molar-refractivity contribution is 0.0320. The molecule has 0 saturated heterocycles. The van der Waals surface area contributed by atoms with Gasteiger partial charge in [0.25, 0.3) is 0 Å². The second-order valence-electron chi connectivity index (χ2n) is 10.8. The highest BCUT2D eigenvalue weighted by Crippen LogP contribution is 2.39. The van der Waals surface area contributed by atoms with Crippen LogP contribution in [-0.4, -0.2) is 21.9 Å². The van der Waals surface area contributed by atoms with Gasteiger partial charge in [-0.1, -0.05) is 109 Å². The van der Waals surface area contributed by atoms with Gasteiger partial charge in [-0.15, -0.1) is 0 Å². The molecule has 0 saturated carbocycles. The van der Waals surface area contributed by atoms with Crippen molar-refractivity contribution in [3.8, 4) is 0 Å². The van der Waals surface area contributed by atoms with Crippen molar-refractivity contribution in [2.45, 2.75) is 12.2 Å². The number of hydrogen-bond donors (Lipinski definition) is 0. The van der Waals surface area contributed by atoms with Crippen LogP contribution in [0.3, 0.4) is 0 Å². The summed E-state index contributed by atoms with van der Waals surface area (Å²) in [6.07, 6.45) is 1.54. The minimum Gasteiger partial charge on any atom is -0.447 e. The van der Waals surface area contributed by atoms with Crippen LogP contribution >= 0.6 is 0 Å². The molecule has 0 amide bonds. The SMILES string of the molecule is O=C(OC(c1ccccc1C(OC(=O)c1ccccc1)c1nccc2ccccc12)c1nccc2ccccc12)c1ccccc1. The quantitative estimate of drug-likeness (QED) is 0.162. The van der Waals surface area contributed by atoms with Crippen LogP contribution in [0.25, 0.3) is 21.5 Å². The zero-order chi connectivity index (χ0) is 31.3. The zero-order valence-corrected chi connectivity index (χ0v) is 24.7. The van der Waals surface area contributed by atoms with Gasteiger partial charge < -0.3 is 9.47 Å². The molecule has 7 aromatic rings. The molecule has 0 aliphatic rings. The van der Waals surface area contributed by atoms with Gasteiger partial charge in [-0.3, -0.25) is 9.97 Å². The topological polar surface area (TPSA) is 78.4 Å². The summed E-state index contributed by atoms with van der Waals surface area (Å²) in [6, 6.07) is 44.8. The van der Waals surface area contributed by atoms with Gasteiger partial charge in [-0.2, -0.15) is 0 Å². The summed E-state index contributed by atoms with van der Waals surface area (Å²) < 4.78 is 12.7. The van der Waals surface area contributed by atoms with E-state index in [0.717, 1.165) is 21.5 Å². The molecule has 0 aliphatic carbocycles. The molecule has 0 bridgehead atoms. The van der Waals surface area contributed by atoms with Crippen molar-refractivity contribution < 1.29 is 19.1 Å². The van der Waals surface area contributed by atoms with Gasteiger partial charge >= 0.3 is 11.9 Å². The maximum atomic E-state index is 13.7. The third-order valence-corrected chi connectivity index (χ3v) is 7.94. The number of esters is 2. The van der Waals surface area contributed by atoms with E-state index in [2.05, 4.69) is 0 Å². The molecular weight excluding hydrogens is 572 g/mol. The molecule has 0 N–H and O–H groups in total. The van der Waals surface area contributed by atoms with Crippen LogP contribution in [0.15, 0.2) is 158 Å². The molecule has 5 aromatic carbocycles. The fraction of sp³-hybridized carbons (Fsp3) is 0.0500. The largest absolute Gasteiger partial charge is 0.447 e. The minimum absolute atomic E-state index is 0.410.